The Hall–Kier alpha value is -1.00. The second-order valence-electron chi connectivity index (χ2n) is 5.79. The minimum Gasteiger partial charge on any atom is -0.380 e. The Balaban J connectivity index is 2.20. The van der Waals surface area contributed by atoms with E-state index in [0.29, 0.717) is 27.2 Å². The Kier molecular flexibility index (Phi) is 3.92. The van der Waals surface area contributed by atoms with Gasteiger partial charge in [-0.1, -0.05) is 37.0 Å². The van der Waals surface area contributed by atoms with Gasteiger partial charge in [-0.3, -0.25) is 10.1 Å². The van der Waals surface area contributed by atoms with E-state index in [-0.39, 0.29) is 5.69 Å². The number of rotatable bonds is 3. The average Bonchev–Trinajstić information content (AvgIpc) is 2.63. The molecule has 0 amide bonds. The first-order chi connectivity index (χ1) is 8.78. The molecule has 2 rings (SSSR count). The molecule has 104 valence electrons. The number of anilines is 1. The molecule has 4 nitrogen and oxygen atoms in total. The lowest BCUT2D eigenvalue weighted by molar-refractivity contribution is -0.384. The SMILES string of the molecule is CC1(C)CCC(Nc2c(Cl)cc([N+](=O)[O-])cc2Cl)C1. The predicted octanol–water partition coefficient (Wildman–Crippen LogP) is 4.89. The van der Waals surface area contributed by atoms with E-state index < -0.39 is 4.92 Å². The molecule has 1 aliphatic rings. The van der Waals surface area contributed by atoms with Gasteiger partial charge in [0, 0.05) is 18.2 Å². The van der Waals surface area contributed by atoms with Crippen LogP contribution in [-0.4, -0.2) is 11.0 Å². The van der Waals surface area contributed by atoms with Crippen molar-refractivity contribution in [1.29, 1.82) is 0 Å². The first kappa shape index (κ1) is 14.4. The summed E-state index contributed by atoms with van der Waals surface area (Å²) in [5, 5.41) is 14.6. The van der Waals surface area contributed by atoms with E-state index >= 15 is 0 Å². The number of nitrogens with one attached hydrogen (secondary N) is 1. The molecule has 0 radical (unpaired) electrons. The van der Waals surface area contributed by atoms with E-state index in [4.69, 9.17) is 23.2 Å². The maximum atomic E-state index is 10.7. The van der Waals surface area contributed by atoms with Crippen molar-refractivity contribution in [2.24, 2.45) is 5.41 Å². The maximum Gasteiger partial charge on any atom is 0.272 e. The third-order valence-corrected chi connectivity index (χ3v) is 4.15. The van der Waals surface area contributed by atoms with Gasteiger partial charge in [-0.25, -0.2) is 0 Å². The average molecular weight is 303 g/mol. The van der Waals surface area contributed by atoms with Gasteiger partial charge in [-0.05, 0) is 24.7 Å². The summed E-state index contributed by atoms with van der Waals surface area (Å²) >= 11 is 12.2. The van der Waals surface area contributed by atoms with Crippen LogP contribution in [0, 0.1) is 15.5 Å². The van der Waals surface area contributed by atoms with Crippen LogP contribution in [0.5, 0.6) is 0 Å². The number of nitro groups is 1. The molecule has 1 saturated carbocycles. The Bertz CT molecular complexity index is 494. The van der Waals surface area contributed by atoms with E-state index in [1.54, 1.807) is 0 Å². The number of non-ortho nitro benzene ring substituents is 1. The fraction of sp³-hybridized carbons (Fsp3) is 0.538. The normalized spacial score (nSPS) is 21.4. The molecule has 0 saturated heterocycles. The Morgan fingerprint density at radius 3 is 2.37 bits per heavy atom. The van der Waals surface area contributed by atoms with E-state index in [9.17, 15) is 10.1 Å². The first-order valence-electron chi connectivity index (χ1n) is 6.18. The van der Waals surface area contributed by atoms with E-state index in [2.05, 4.69) is 19.2 Å². The number of hydrogen-bond acceptors (Lipinski definition) is 3. The highest BCUT2D eigenvalue weighted by atomic mass is 35.5. The molecule has 1 aromatic rings. The second-order valence-corrected chi connectivity index (χ2v) is 6.60. The van der Waals surface area contributed by atoms with Crippen molar-refractivity contribution in [1.82, 2.24) is 0 Å². The first-order valence-corrected chi connectivity index (χ1v) is 6.94. The molecule has 0 spiro atoms. The molecule has 0 heterocycles. The van der Waals surface area contributed by atoms with Crippen LogP contribution in [0.3, 0.4) is 0 Å². The molecule has 6 heteroatoms. The largest absolute Gasteiger partial charge is 0.380 e. The van der Waals surface area contributed by atoms with Gasteiger partial charge in [0.25, 0.3) is 5.69 Å². The molecule has 19 heavy (non-hydrogen) atoms. The van der Waals surface area contributed by atoms with Gasteiger partial charge in [0.1, 0.15) is 0 Å². The minimum atomic E-state index is -0.500. The van der Waals surface area contributed by atoms with Crippen molar-refractivity contribution in [2.75, 3.05) is 5.32 Å². The summed E-state index contributed by atoms with van der Waals surface area (Å²) in [5.74, 6) is 0. The van der Waals surface area contributed by atoms with Gasteiger partial charge in [0.05, 0.1) is 20.7 Å². The summed E-state index contributed by atoms with van der Waals surface area (Å²) in [5.41, 5.74) is 0.821. The molecule has 1 N–H and O–H groups in total. The zero-order valence-electron chi connectivity index (χ0n) is 10.9. The molecular formula is C13H16Cl2N2O2. The molecule has 0 bridgehead atoms. The Labute approximate surface area is 122 Å². The number of nitro benzene ring substituents is 1. The van der Waals surface area contributed by atoms with E-state index in [1.165, 1.54) is 12.1 Å². The fourth-order valence-electron chi connectivity index (χ4n) is 2.57. The van der Waals surface area contributed by atoms with Crippen LogP contribution >= 0.6 is 23.2 Å². The zero-order chi connectivity index (χ0) is 14.2. The van der Waals surface area contributed by atoms with E-state index in [1.807, 2.05) is 0 Å². The highest BCUT2D eigenvalue weighted by Crippen LogP contribution is 2.41. The lowest BCUT2D eigenvalue weighted by Gasteiger charge is -2.19. The summed E-state index contributed by atoms with van der Waals surface area (Å²) in [6.45, 7) is 4.46. The van der Waals surface area contributed by atoms with Crippen LogP contribution < -0.4 is 5.32 Å². The third kappa shape index (κ3) is 3.31. The van der Waals surface area contributed by atoms with Crippen molar-refractivity contribution in [3.63, 3.8) is 0 Å². The summed E-state index contributed by atoms with van der Waals surface area (Å²) < 4.78 is 0. The van der Waals surface area contributed by atoms with Gasteiger partial charge in [0.15, 0.2) is 0 Å². The second kappa shape index (κ2) is 5.17. The molecule has 1 fully saturated rings. The summed E-state index contributed by atoms with van der Waals surface area (Å²) in [6, 6.07) is 2.97. The van der Waals surface area contributed by atoms with Crippen molar-refractivity contribution < 1.29 is 4.92 Å². The molecule has 1 atom stereocenters. The number of halogens is 2. The summed E-state index contributed by atoms with van der Waals surface area (Å²) in [6.07, 6.45) is 3.24. The van der Waals surface area contributed by atoms with Gasteiger partial charge in [0.2, 0.25) is 0 Å². The van der Waals surface area contributed by atoms with Crippen LogP contribution in [0.1, 0.15) is 33.1 Å². The summed E-state index contributed by atoms with van der Waals surface area (Å²) in [4.78, 5) is 10.2. The molecule has 1 aromatic carbocycles. The monoisotopic (exact) mass is 302 g/mol. The van der Waals surface area contributed by atoms with Gasteiger partial charge >= 0.3 is 0 Å². The van der Waals surface area contributed by atoms with Crippen LogP contribution in [0.25, 0.3) is 0 Å². The summed E-state index contributed by atoms with van der Waals surface area (Å²) in [7, 11) is 0. The van der Waals surface area contributed by atoms with Gasteiger partial charge in [-0.15, -0.1) is 0 Å². The highest BCUT2D eigenvalue weighted by molar-refractivity contribution is 6.39. The van der Waals surface area contributed by atoms with Crippen LogP contribution in [0.2, 0.25) is 10.0 Å². The molecule has 0 aromatic heterocycles. The molecule has 0 aliphatic heterocycles. The van der Waals surface area contributed by atoms with Crippen molar-refractivity contribution in [2.45, 2.75) is 39.2 Å². The van der Waals surface area contributed by atoms with Gasteiger partial charge in [-0.2, -0.15) is 0 Å². The Morgan fingerprint density at radius 2 is 1.95 bits per heavy atom. The molecular weight excluding hydrogens is 287 g/mol. The quantitative estimate of drug-likeness (QED) is 0.638. The highest BCUT2D eigenvalue weighted by Gasteiger charge is 2.31. The number of nitrogens with zero attached hydrogens (tertiary/aromatic N) is 1. The molecule has 1 aliphatic carbocycles. The lowest BCUT2D eigenvalue weighted by atomic mass is 9.92. The fourth-order valence-corrected chi connectivity index (χ4v) is 3.15. The van der Waals surface area contributed by atoms with Crippen LogP contribution in [0.4, 0.5) is 11.4 Å². The smallest absolute Gasteiger partial charge is 0.272 e. The van der Waals surface area contributed by atoms with Crippen molar-refractivity contribution >= 4 is 34.6 Å². The maximum absolute atomic E-state index is 10.7. The van der Waals surface area contributed by atoms with E-state index in [0.717, 1.165) is 19.3 Å². The minimum absolute atomic E-state index is 0.0905. The van der Waals surface area contributed by atoms with Crippen LogP contribution in [0.15, 0.2) is 12.1 Å². The Morgan fingerprint density at radius 1 is 1.37 bits per heavy atom. The van der Waals surface area contributed by atoms with Crippen molar-refractivity contribution in [3.8, 4) is 0 Å². The molecule has 1 unspecified atom stereocenters. The number of benzene rings is 1. The van der Waals surface area contributed by atoms with Crippen LogP contribution in [-0.2, 0) is 0 Å². The standard InChI is InChI=1S/C13H16Cl2N2O2/c1-13(2)4-3-8(7-13)16-12-10(14)5-9(17(18)19)6-11(12)15/h5-6,8,16H,3-4,7H2,1-2H3. The predicted molar refractivity (Wildman–Crippen MR) is 78.2 cm³/mol. The number of hydrogen-bond donors (Lipinski definition) is 1. The van der Waals surface area contributed by atoms with Crippen molar-refractivity contribution in [3.05, 3.63) is 32.3 Å². The topological polar surface area (TPSA) is 55.2 Å². The lowest BCUT2D eigenvalue weighted by Crippen LogP contribution is -2.18. The zero-order valence-corrected chi connectivity index (χ0v) is 12.4. The third-order valence-electron chi connectivity index (χ3n) is 3.55. The van der Waals surface area contributed by atoms with Gasteiger partial charge < -0.3 is 5.32 Å².